The van der Waals surface area contributed by atoms with E-state index in [1.54, 1.807) is 0 Å². The van der Waals surface area contributed by atoms with Crippen molar-refractivity contribution in [3.63, 3.8) is 0 Å². The van der Waals surface area contributed by atoms with Gasteiger partial charge in [-0.15, -0.1) is 11.3 Å². The molecule has 1 aromatic rings. The van der Waals surface area contributed by atoms with Gasteiger partial charge in [0.2, 0.25) is 0 Å². The number of nitrogens with zero attached hydrogens (tertiary/aromatic N) is 1. The lowest BCUT2D eigenvalue weighted by molar-refractivity contribution is 0.449. The van der Waals surface area contributed by atoms with E-state index in [2.05, 4.69) is 5.38 Å². The summed E-state index contributed by atoms with van der Waals surface area (Å²) in [6.07, 6.45) is 7.85. The van der Waals surface area contributed by atoms with Crippen LogP contribution in [0.5, 0.6) is 0 Å². The summed E-state index contributed by atoms with van der Waals surface area (Å²) in [4.78, 5) is 4.84. The SMILES string of the molecule is NCC1(c2nc(C3CC3)cs2)CCCC1. The van der Waals surface area contributed by atoms with E-state index in [-0.39, 0.29) is 5.41 Å². The summed E-state index contributed by atoms with van der Waals surface area (Å²) in [5.41, 5.74) is 7.56. The van der Waals surface area contributed by atoms with Crippen molar-refractivity contribution in [2.45, 2.75) is 49.9 Å². The van der Waals surface area contributed by atoms with Gasteiger partial charge in [-0.25, -0.2) is 4.98 Å². The third-order valence-electron chi connectivity index (χ3n) is 3.92. The van der Waals surface area contributed by atoms with Gasteiger partial charge in [-0.2, -0.15) is 0 Å². The van der Waals surface area contributed by atoms with Gasteiger partial charge in [0.25, 0.3) is 0 Å². The molecule has 0 amide bonds. The predicted octanol–water partition coefficient (Wildman–Crippen LogP) is 2.79. The van der Waals surface area contributed by atoms with Crippen molar-refractivity contribution in [2.75, 3.05) is 6.54 Å². The van der Waals surface area contributed by atoms with Crippen LogP contribution in [0.3, 0.4) is 0 Å². The molecule has 0 aliphatic heterocycles. The van der Waals surface area contributed by atoms with E-state index in [0.29, 0.717) is 0 Å². The van der Waals surface area contributed by atoms with Gasteiger partial charge in [0, 0.05) is 23.3 Å². The highest BCUT2D eigenvalue weighted by atomic mass is 32.1. The van der Waals surface area contributed by atoms with Crippen molar-refractivity contribution in [2.24, 2.45) is 5.73 Å². The molecule has 0 bridgehead atoms. The van der Waals surface area contributed by atoms with Crippen LogP contribution in [0.2, 0.25) is 0 Å². The predicted molar refractivity (Wildman–Crippen MR) is 63.3 cm³/mol. The van der Waals surface area contributed by atoms with Gasteiger partial charge < -0.3 is 5.73 Å². The zero-order chi connectivity index (χ0) is 10.3. The Hall–Kier alpha value is -0.410. The summed E-state index contributed by atoms with van der Waals surface area (Å²) in [5, 5.41) is 3.59. The zero-order valence-corrected chi connectivity index (χ0v) is 9.85. The van der Waals surface area contributed by atoms with Gasteiger partial charge in [-0.3, -0.25) is 0 Å². The first-order chi connectivity index (χ1) is 7.34. The lowest BCUT2D eigenvalue weighted by Gasteiger charge is -2.24. The number of hydrogen-bond donors (Lipinski definition) is 1. The maximum Gasteiger partial charge on any atom is 0.100 e. The van der Waals surface area contributed by atoms with Crippen LogP contribution in [0.15, 0.2) is 5.38 Å². The van der Waals surface area contributed by atoms with E-state index >= 15 is 0 Å². The molecule has 0 unspecified atom stereocenters. The first-order valence-electron chi connectivity index (χ1n) is 6.00. The van der Waals surface area contributed by atoms with Crippen molar-refractivity contribution < 1.29 is 0 Å². The molecule has 3 heteroatoms. The molecule has 15 heavy (non-hydrogen) atoms. The van der Waals surface area contributed by atoms with Crippen LogP contribution in [-0.2, 0) is 5.41 Å². The number of thiazole rings is 1. The van der Waals surface area contributed by atoms with Gasteiger partial charge in [0.1, 0.15) is 5.01 Å². The van der Waals surface area contributed by atoms with Crippen molar-refractivity contribution in [1.82, 2.24) is 4.98 Å². The summed E-state index contributed by atoms with van der Waals surface area (Å²) in [6, 6.07) is 0. The largest absolute Gasteiger partial charge is 0.329 e. The normalized spacial score (nSPS) is 24.6. The van der Waals surface area contributed by atoms with Crippen LogP contribution in [-0.4, -0.2) is 11.5 Å². The number of nitrogens with two attached hydrogens (primary N) is 1. The molecule has 2 N–H and O–H groups in total. The van der Waals surface area contributed by atoms with Gasteiger partial charge in [-0.1, -0.05) is 12.8 Å². The summed E-state index contributed by atoms with van der Waals surface area (Å²) >= 11 is 1.85. The minimum absolute atomic E-state index is 0.248. The van der Waals surface area contributed by atoms with Crippen molar-refractivity contribution in [3.8, 4) is 0 Å². The highest BCUT2D eigenvalue weighted by Crippen LogP contribution is 2.45. The van der Waals surface area contributed by atoms with Crippen molar-refractivity contribution >= 4 is 11.3 Å². The second kappa shape index (κ2) is 3.56. The maximum absolute atomic E-state index is 5.97. The Morgan fingerprint density at radius 1 is 1.40 bits per heavy atom. The molecule has 3 rings (SSSR count). The van der Waals surface area contributed by atoms with Gasteiger partial charge in [0.15, 0.2) is 0 Å². The molecular weight excluding hydrogens is 204 g/mol. The lowest BCUT2D eigenvalue weighted by atomic mass is 9.87. The molecule has 0 aromatic carbocycles. The van der Waals surface area contributed by atoms with Crippen LogP contribution in [0.4, 0.5) is 0 Å². The number of rotatable bonds is 3. The first-order valence-corrected chi connectivity index (χ1v) is 6.88. The quantitative estimate of drug-likeness (QED) is 0.854. The van der Waals surface area contributed by atoms with Crippen LogP contribution in [0, 0.1) is 0 Å². The monoisotopic (exact) mass is 222 g/mol. The smallest absolute Gasteiger partial charge is 0.100 e. The molecular formula is C12H18N2S. The molecule has 82 valence electrons. The lowest BCUT2D eigenvalue weighted by Crippen LogP contribution is -2.31. The number of aromatic nitrogens is 1. The van der Waals surface area contributed by atoms with Crippen LogP contribution in [0.25, 0.3) is 0 Å². The van der Waals surface area contributed by atoms with Crippen LogP contribution < -0.4 is 5.73 Å². The summed E-state index contributed by atoms with van der Waals surface area (Å²) < 4.78 is 0. The molecule has 2 aliphatic rings. The Morgan fingerprint density at radius 3 is 2.73 bits per heavy atom. The highest BCUT2D eigenvalue weighted by molar-refractivity contribution is 7.09. The first kappa shape index (κ1) is 9.79. The van der Waals surface area contributed by atoms with Crippen molar-refractivity contribution in [3.05, 3.63) is 16.1 Å². The standard InChI is InChI=1S/C12H18N2S/c13-8-12(5-1-2-6-12)11-14-10(7-15-11)9-3-4-9/h7,9H,1-6,8,13H2. The Morgan fingerprint density at radius 2 is 2.13 bits per heavy atom. The fourth-order valence-corrected chi connectivity index (χ4v) is 3.83. The maximum atomic E-state index is 5.97. The third kappa shape index (κ3) is 1.62. The molecule has 0 radical (unpaired) electrons. The molecule has 1 heterocycles. The second-order valence-corrected chi connectivity index (χ2v) is 5.90. The Bertz CT molecular complexity index is 348. The zero-order valence-electron chi connectivity index (χ0n) is 9.04. The van der Waals surface area contributed by atoms with E-state index in [4.69, 9.17) is 10.7 Å². The summed E-state index contributed by atoms with van der Waals surface area (Å²) in [7, 11) is 0. The summed E-state index contributed by atoms with van der Waals surface area (Å²) in [5.74, 6) is 0.784. The van der Waals surface area contributed by atoms with Gasteiger partial charge >= 0.3 is 0 Å². The highest BCUT2D eigenvalue weighted by Gasteiger charge is 2.38. The van der Waals surface area contributed by atoms with Crippen LogP contribution in [0.1, 0.15) is 55.1 Å². The molecule has 2 fully saturated rings. The number of hydrogen-bond acceptors (Lipinski definition) is 3. The fraction of sp³-hybridized carbons (Fsp3) is 0.750. The average Bonchev–Trinajstić information content (AvgIpc) is 2.84. The Labute approximate surface area is 94.9 Å². The van der Waals surface area contributed by atoms with E-state index in [1.807, 2.05) is 11.3 Å². The minimum atomic E-state index is 0.248. The van der Waals surface area contributed by atoms with Gasteiger partial charge in [0.05, 0.1) is 5.69 Å². The van der Waals surface area contributed by atoms with E-state index in [1.165, 1.54) is 49.2 Å². The Balaban J connectivity index is 1.88. The van der Waals surface area contributed by atoms with E-state index < -0.39 is 0 Å². The van der Waals surface area contributed by atoms with Crippen LogP contribution >= 0.6 is 11.3 Å². The van der Waals surface area contributed by atoms with Gasteiger partial charge in [-0.05, 0) is 25.7 Å². The van der Waals surface area contributed by atoms with Crippen molar-refractivity contribution in [1.29, 1.82) is 0 Å². The molecule has 0 saturated heterocycles. The minimum Gasteiger partial charge on any atom is -0.329 e. The molecule has 2 nitrogen and oxygen atoms in total. The fourth-order valence-electron chi connectivity index (χ4n) is 2.65. The molecule has 2 saturated carbocycles. The molecule has 0 spiro atoms. The molecule has 0 atom stereocenters. The second-order valence-electron chi connectivity index (χ2n) is 5.04. The summed E-state index contributed by atoms with van der Waals surface area (Å²) in [6.45, 7) is 0.782. The topological polar surface area (TPSA) is 38.9 Å². The average molecular weight is 222 g/mol. The Kier molecular flexibility index (Phi) is 2.33. The van der Waals surface area contributed by atoms with E-state index in [9.17, 15) is 0 Å². The molecule has 1 aromatic heterocycles. The van der Waals surface area contributed by atoms with E-state index in [0.717, 1.165) is 12.5 Å². The molecule has 2 aliphatic carbocycles. The third-order valence-corrected chi connectivity index (χ3v) is 5.03.